The van der Waals surface area contributed by atoms with Crippen molar-refractivity contribution in [1.29, 1.82) is 0 Å². The Hall–Kier alpha value is -1.62. The van der Waals surface area contributed by atoms with Crippen LogP contribution in [0.25, 0.3) is 0 Å². The zero-order valence-electron chi connectivity index (χ0n) is 11.6. The van der Waals surface area contributed by atoms with E-state index in [1.807, 2.05) is 13.0 Å². The van der Waals surface area contributed by atoms with Gasteiger partial charge >= 0.3 is 0 Å². The van der Waals surface area contributed by atoms with E-state index in [2.05, 4.69) is 16.8 Å². The summed E-state index contributed by atoms with van der Waals surface area (Å²) in [5.74, 6) is 0.757. The molecule has 0 spiro atoms. The second-order valence-corrected chi connectivity index (χ2v) is 5.30. The summed E-state index contributed by atoms with van der Waals surface area (Å²) in [7, 11) is 0. The lowest BCUT2D eigenvalue weighted by molar-refractivity contribution is 0.1000. The molecule has 1 amide bonds. The summed E-state index contributed by atoms with van der Waals surface area (Å²) in [6.45, 7) is 5.56. The van der Waals surface area contributed by atoms with Gasteiger partial charge in [0.25, 0.3) is 5.91 Å². The van der Waals surface area contributed by atoms with Gasteiger partial charge in [0.2, 0.25) is 0 Å². The van der Waals surface area contributed by atoms with Crippen molar-refractivity contribution in [2.45, 2.75) is 32.7 Å². The van der Waals surface area contributed by atoms with Gasteiger partial charge in [-0.3, -0.25) is 4.79 Å². The Morgan fingerprint density at radius 3 is 2.89 bits per heavy atom. The maximum atomic E-state index is 11.6. The summed E-state index contributed by atoms with van der Waals surface area (Å²) in [4.78, 5) is 18.3. The molecule has 0 saturated carbocycles. The van der Waals surface area contributed by atoms with Gasteiger partial charge in [-0.15, -0.1) is 0 Å². The second kappa shape index (κ2) is 5.57. The summed E-state index contributed by atoms with van der Waals surface area (Å²) in [6.07, 6.45) is 2.25. The number of aromatic nitrogens is 1. The number of rotatable bonds is 3. The smallest absolute Gasteiger partial charge is 0.252 e. The molecule has 4 N–H and O–H groups in total. The van der Waals surface area contributed by atoms with E-state index in [-0.39, 0.29) is 6.04 Å². The van der Waals surface area contributed by atoms with E-state index in [0.717, 1.165) is 25.1 Å². The Labute approximate surface area is 114 Å². The lowest BCUT2D eigenvalue weighted by atomic mass is 9.90. The molecular formula is C14H22N4O. The number of carbonyl (C=O) groups is 1. The topological polar surface area (TPSA) is 85.2 Å². The number of amides is 1. The average molecular weight is 262 g/mol. The fourth-order valence-corrected chi connectivity index (χ4v) is 2.83. The molecule has 1 fully saturated rings. The standard InChI is InChI=1S/C14H22N4O/c1-9-4-3-7-18(12(9)8-15)14-11(13(16)19)6-5-10(2)17-14/h5-6,9,12H,3-4,7-8,15H2,1-2H3,(H2,16,19). The lowest BCUT2D eigenvalue weighted by Crippen LogP contribution is -2.49. The summed E-state index contributed by atoms with van der Waals surface area (Å²) in [5, 5.41) is 0. The number of pyridine rings is 1. The van der Waals surface area contributed by atoms with Gasteiger partial charge in [0.05, 0.1) is 5.56 Å². The zero-order chi connectivity index (χ0) is 14.0. The van der Waals surface area contributed by atoms with Crippen molar-refractivity contribution in [3.8, 4) is 0 Å². The molecule has 1 aromatic rings. The molecular weight excluding hydrogens is 240 g/mol. The summed E-state index contributed by atoms with van der Waals surface area (Å²) < 4.78 is 0. The van der Waals surface area contributed by atoms with Gasteiger partial charge in [-0.2, -0.15) is 0 Å². The molecule has 1 aliphatic rings. The molecule has 0 aromatic carbocycles. The molecule has 2 rings (SSSR count). The minimum absolute atomic E-state index is 0.223. The van der Waals surface area contributed by atoms with Gasteiger partial charge in [-0.25, -0.2) is 4.98 Å². The highest BCUT2D eigenvalue weighted by molar-refractivity contribution is 5.97. The molecule has 0 aliphatic carbocycles. The van der Waals surface area contributed by atoms with Crippen molar-refractivity contribution in [3.63, 3.8) is 0 Å². The molecule has 1 aliphatic heterocycles. The van der Waals surface area contributed by atoms with E-state index in [1.165, 1.54) is 0 Å². The van der Waals surface area contributed by atoms with Crippen LogP contribution in [0.1, 0.15) is 35.8 Å². The third-order valence-corrected chi connectivity index (χ3v) is 3.91. The molecule has 1 aromatic heterocycles. The number of anilines is 1. The Kier molecular flexibility index (Phi) is 4.04. The van der Waals surface area contributed by atoms with Crippen LogP contribution in [0.15, 0.2) is 12.1 Å². The average Bonchev–Trinajstić information content (AvgIpc) is 2.37. The number of hydrogen-bond donors (Lipinski definition) is 2. The molecule has 2 atom stereocenters. The molecule has 104 valence electrons. The minimum Gasteiger partial charge on any atom is -0.365 e. The van der Waals surface area contributed by atoms with Crippen LogP contribution in [0.5, 0.6) is 0 Å². The monoisotopic (exact) mass is 262 g/mol. The minimum atomic E-state index is -0.434. The lowest BCUT2D eigenvalue weighted by Gasteiger charge is -2.40. The predicted octanol–water partition coefficient (Wildman–Crippen LogP) is 1.05. The molecule has 0 radical (unpaired) electrons. The fourth-order valence-electron chi connectivity index (χ4n) is 2.83. The van der Waals surface area contributed by atoms with Crippen molar-refractivity contribution < 1.29 is 4.79 Å². The van der Waals surface area contributed by atoms with Gasteiger partial charge in [-0.1, -0.05) is 6.92 Å². The molecule has 2 heterocycles. The van der Waals surface area contributed by atoms with Crippen molar-refractivity contribution in [2.24, 2.45) is 17.4 Å². The van der Waals surface area contributed by atoms with Crippen molar-refractivity contribution in [1.82, 2.24) is 4.98 Å². The van der Waals surface area contributed by atoms with Crippen LogP contribution >= 0.6 is 0 Å². The van der Waals surface area contributed by atoms with Crippen LogP contribution in [0.2, 0.25) is 0 Å². The first-order chi connectivity index (χ1) is 9.04. The van der Waals surface area contributed by atoms with Crippen LogP contribution in [-0.4, -0.2) is 30.0 Å². The molecule has 19 heavy (non-hydrogen) atoms. The van der Waals surface area contributed by atoms with E-state index in [4.69, 9.17) is 11.5 Å². The Balaban J connectivity index is 2.43. The van der Waals surface area contributed by atoms with E-state index < -0.39 is 5.91 Å². The number of piperidine rings is 1. The quantitative estimate of drug-likeness (QED) is 0.852. The second-order valence-electron chi connectivity index (χ2n) is 5.30. The molecule has 0 bridgehead atoms. The van der Waals surface area contributed by atoms with E-state index >= 15 is 0 Å². The number of carbonyl (C=O) groups excluding carboxylic acids is 1. The normalized spacial score (nSPS) is 23.4. The largest absolute Gasteiger partial charge is 0.365 e. The first-order valence-corrected chi connectivity index (χ1v) is 6.78. The number of aryl methyl sites for hydroxylation is 1. The van der Waals surface area contributed by atoms with Crippen LogP contribution in [-0.2, 0) is 0 Å². The molecule has 1 saturated heterocycles. The van der Waals surface area contributed by atoms with Gasteiger partial charge in [0.15, 0.2) is 0 Å². The van der Waals surface area contributed by atoms with Gasteiger partial charge in [-0.05, 0) is 37.8 Å². The van der Waals surface area contributed by atoms with Crippen molar-refractivity contribution in [3.05, 3.63) is 23.4 Å². The number of hydrogen-bond acceptors (Lipinski definition) is 4. The Morgan fingerprint density at radius 2 is 2.26 bits per heavy atom. The molecule has 2 unspecified atom stereocenters. The van der Waals surface area contributed by atoms with Gasteiger partial charge in [0.1, 0.15) is 5.82 Å². The van der Waals surface area contributed by atoms with Crippen molar-refractivity contribution >= 4 is 11.7 Å². The van der Waals surface area contributed by atoms with Gasteiger partial charge in [0, 0.05) is 24.8 Å². The fraction of sp³-hybridized carbons (Fsp3) is 0.571. The third kappa shape index (κ3) is 2.71. The summed E-state index contributed by atoms with van der Waals surface area (Å²) in [6, 6.07) is 3.79. The van der Waals surface area contributed by atoms with Crippen LogP contribution < -0.4 is 16.4 Å². The summed E-state index contributed by atoms with van der Waals surface area (Å²) >= 11 is 0. The first-order valence-electron chi connectivity index (χ1n) is 6.78. The first kappa shape index (κ1) is 13.8. The predicted molar refractivity (Wildman–Crippen MR) is 76.1 cm³/mol. The number of primary amides is 1. The van der Waals surface area contributed by atoms with E-state index in [1.54, 1.807) is 6.07 Å². The number of nitrogens with two attached hydrogens (primary N) is 2. The van der Waals surface area contributed by atoms with Crippen LogP contribution in [0.4, 0.5) is 5.82 Å². The Morgan fingerprint density at radius 1 is 1.53 bits per heavy atom. The summed E-state index contributed by atoms with van der Waals surface area (Å²) in [5.41, 5.74) is 12.7. The highest BCUT2D eigenvalue weighted by atomic mass is 16.1. The maximum Gasteiger partial charge on any atom is 0.252 e. The van der Waals surface area contributed by atoms with Gasteiger partial charge < -0.3 is 16.4 Å². The molecule has 5 heteroatoms. The van der Waals surface area contributed by atoms with Crippen molar-refractivity contribution in [2.75, 3.05) is 18.0 Å². The Bertz CT molecular complexity index is 475. The highest BCUT2D eigenvalue weighted by Crippen LogP contribution is 2.29. The highest BCUT2D eigenvalue weighted by Gasteiger charge is 2.30. The maximum absolute atomic E-state index is 11.6. The third-order valence-electron chi connectivity index (χ3n) is 3.91. The van der Waals surface area contributed by atoms with E-state index in [9.17, 15) is 4.79 Å². The van der Waals surface area contributed by atoms with Crippen LogP contribution in [0.3, 0.4) is 0 Å². The zero-order valence-corrected chi connectivity index (χ0v) is 11.6. The number of nitrogens with zero attached hydrogens (tertiary/aromatic N) is 2. The SMILES string of the molecule is Cc1ccc(C(N)=O)c(N2CCCC(C)C2CN)n1. The molecule has 5 nitrogen and oxygen atoms in total. The van der Waals surface area contributed by atoms with Crippen LogP contribution in [0, 0.1) is 12.8 Å². The van der Waals surface area contributed by atoms with E-state index in [0.29, 0.717) is 23.8 Å².